The van der Waals surface area contributed by atoms with Crippen LogP contribution < -0.4 is 11.1 Å². The summed E-state index contributed by atoms with van der Waals surface area (Å²) in [5, 5.41) is 2.62. The maximum absolute atomic E-state index is 12.8. The molecule has 0 heterocycles. The van der Waals surface area contributed by atoms with Crippen LogP contribution in [-0.4, -0.2) is 5.91 Å². The van der Waals surface area contributed by atoms with Gasteiger partial charge in [-0.25, -0.2) is 4.39 Å². The number of rotatable bonds is 3. The van der Waals surface area contributed by atoms with Crippen molar-refractivity contribution in [3.8, 4) is 0 Å². The lowest BCUT2D eigenvalue weighted by atomic mass is 10.2. The van der Waals surface area contributed by atoms with Crippen LogP contribution >= 0.6 is 0 Å². The Morgan fingerprint density at radius 2 is 2.12 bits per heavy atom. The highest BCUT2D eigenvalue weighted by Gasteiger charge is 2.08. The fourth-order valence-corrected chi connectivity index (χ4v) is 1.32. The molecule has 4 heteroatoms. The summed E-state index contributed by atoms with van der Waals surface area (Å²) in [6.07, 6.45) is 5.15. The summed E-state index contributed by atoms with van der Waals surface area (Å²) in [6.45, 7) is 3.59. The zero-order valence-corrected chi connectivity index (χ0v) is 9.83. The SMILES string of the molecule is C/C=C\C(=C/C)C(=O)Nc1ccc(F)cc1N. The molecule has 0 saturated carbocycles. The van der Waals surface area contributed by atoms with Crippen LogP contribution in [0.1, 0.15) is 13.8 Å². The monoisotopic (exact) mass is 234 g/mol. The van der Waals surface area contributed by atoms with E-state index < -0.39 is 5.82 Å². The molecule has 17 heavy (non-hydrogen) atoms. The van der Waals surface area contributed by atoms with Crippen LogP contribution in [0.4, 0.5) is 15.8 Å². The number of allylic oxidation sites excluding steroid dienone is 2. The minimum Gasteiger partial charge on any atom is -0.397 e. The molecule has 1 amide bonds. The minimum absolute atomic E-state index is 0.203. The average molecular weight is 234 g/mol. The maximum atomic E-state index is 12.8. The van der Waals surface area contributed by atoms with Crippen LogP contribution in [0.5, 0.6) is 0 Å². The number of carbonyl (C=O) groups excluding carboxylic acids is 1. The van der Waals surface area contributed by atoms with Crippen LogP contribution in [-0.2, 0) is 4.79 Å². The van der Waals surface area contributed by atoms with Crippen molar-refractivity contribution >= 4 is 17.3 Å². The quantitative estimate of drug-likeness (QED) is 0.480. The van der Waals surface area contributed by atoms with E-state index in [1.807, 2.05) is 6.92 Å². The Bertz CT molecular complexity index is 478. The molecule has 1 aromatic rings. The largest absolute Gasteiger partial charge is 0.397 e. The van der Waals surface area contributed by atoms with Gasteiger partial charge >= 0.3 is 0 Å². The van der Waals surface area contributed by atoms with Crippen molar-refractivity contribution in [2.45, 2.75) is 13.8 Å². The normalized spacial score (nSPS) is 11.8. The molecule has 0 aliphatic carbocycles. The first kappa shape index (κ1) is 13.0. The lowest BCUT2D eigenvalue weighted by molar-refractivity contribution is -0.112. The Morgan fingerprint density at radius 3 is 2.65 bits per heavy atom. The molecule has 0 aliphatic rings. The Labute approximate surface area is 99.8 Å². The Balaban J connectivity index is 2.88. The summed E-state index contributed by atoms with van der Waals surface area (Å²) in [5.74, 6) is -0.705. The molecule has 0 aromatic heterocycles. The highest BCUT2D eigenvalue weighted by Crippen LogP contribution is 2.19. The van der Waals surface area contributed by atoms with E-state index in [4.69, 9.17) is 5.73 Å². The van der Waals surface area contributed by atoms with Crippen LogP contribution in [0, 0.1) is 5.82 Å². The van der Waals surface area contributed by atoms with Crippen molar-refractivity contribution in [2.75, 3.05) is 11.1 Å². The van der Waals surface area contributed by atoms with Crippen molar-refractivity contribution in [1.29, 1.82) is 0 Å². The fraction of sp³-hybridized carbons (Fsp3) is 0.154. The summed E-state index contributed by atoms with van der Waals surface area (Å²) in [7, 11) is 0. The summed E-state index contributed by atoms with van der Waals surface area (Å²) in [4.78, 5) is 11.8. The Hall–Kier alpha value is -2.10. The van der Waals surface area contributed by atoms with Crippen LogP contribution in [0.15, 0.2) is 42.0 Å². The number of benzene rings is 1. The van der Waals surface area contributed by atoms with Crippen molar-refractivity contribution in [1.82, 2.24) is 0 Å². The third-order valence-electron chi connectivity index (χ3n) is 2.18. The lowest BCUT2D eigenvalue weighted by Crippen LogP contribution is -2.14. The molecule has 3 N–H and O–H groups in total. The molecule has 1 aromatic carbocycles. The smallest absolute Gasteiger partial charge is 0.255 e. The molecule has 0 spiro atoms. The van der Waals surface area contributed by atoms with E-state index in [9.17, 15) is 9.18 Å². The number of hydrogen-bond acceptors (Lipinski definition) is 2. The minimum atomic E-state index is -0.430. The van der Waals surface area contributed by atoms with Gasteiger partial charge in [0.15, 0.2) is 0 Å². The topological polar surface area (TPSA) is 55.1 Å². The standard InChI is InChI=1S/C13H15FN2O/c1-3-5-9(4-2)13(17)16-12-7-6-10(14)8-11(12)15/h3-8H,15H2,1-2H3,(H,16,17)/b5-3-,9-4+. The Morgan fingerprint density at radius 1 is 1.41 bits per heavy atom. The molecule has 0 unspecified atom stereocenters. The number of carbonyl (C=O) groups is 1. The van der Waals surface area contributed by atoms with Gasteiger partial charge in [0, 0.05) is 5.57 Å². The van der Waals surface area contributed by atoms with Crippen LogP contribution in [0.25, 0.3) is 0 Å². The summed E-state index contributed by atoms with van der Waals surface area (Å²) in [5.41, 5.74) is 6.72. The second-order valence-electron chi connectivity index (χ2n) is 3.43. The van der Waals surface area contributed by atoms with Gasteiger partial charge < -0.3 is 11.1 Å². The molecule has 1 rings (SSSR count). The number of nitrogens with two attached hydrogens (primary N) is 1. The third kappa shape index (κ3) is 3.45. The van der Waals surface area contributed by atoms with E-state index in [1.54, 1.807) is 25.2 Å². The van der Waals surface area contributed by atoms with Gasteiger partial charge in [-0.05, 0) is 32.0 Å². The average Bonchev–Trinajstić information content (AvgIpc) is 2.29. The predicted molar refractivity (Wildman–Crippen MR) is 68.0 cm³/mol. The van der Waals surface area contributed by atoms with E-state index in [1.165, 1.54) is 18.2 Å². The maximum Gasteiger partial charge on any atom is 0.255 e. The molecule has 0 atom stereocenters. The van der Waals surface area contributed by atoms with E-state index in [-0.39, 0.29) is 11.6 Å². The molecular weight excluding hydrogens is 219 g/mol. The number of nitrogens with one attached hydrogen (secondary N) is 1. The first-order valence-electron chi connectivity index (χ1n) is 5.24. The number of hydrogen-bond donors (Lipinski definition) is 2. The zero-order valence-electron chi connectivity index (χ0n) is 9.83. The van der Waals surface area contributed by atoms with Gasteiger partial charge in [-0.15, -0.1) is 0 Å². The first-order valence-corrected chi connectivity index (χ1v) is 5.24. The summed E-state index contributed by atoms with van der Waals surface area (Å²) >= 11 is 0. The molecule has 0 fully saturated rings. The molecule has 3 nitrogen and oxygen atoms in total. The zero-order chi connectivity index (χ0) is 12.8. The van der Waals surface area contributed by atoms with Gasteiger partial charge in [-0.2, -0.15) is 0 Å². The van der Waals surface area contributed by atoms with Crippen LogP contribution in [0.2, 0.25) is 0 Å². The van der Waals surface area contributed by atoms with Gasteiger partial charge in [0.1, 0.15) is 5.82 Å². The van der Waals surface area contributed by atoms with Gasteiger partial charge in [0.2, 0.25) is 0 Å². The molecule has 0 aliphatic heterocycles. The lowest BCUT2D eigenvalue weighted by Gasteiger charge is -2.08. The van der Waals surface area contributed by atoms with Crippen molar-refractivity contribution in [2.24, 2.45) is 0 Å². The first-order chi connectivity index (χ1) is 8.08. The Kier molecular flexibility index (Phi) is 4.46. The molecule has 0 saturated heterocycles. The number of halogens is 1. The van der Waals surface area contributed by atoms with E-state index in [0.717, 1.165) is 0 Å². The van der Waals surface area contributed by atoms with Crippen molar-refractivity contribution in [3.63, 3.8) is 0 Å². The van der Waals surface area contributed by atoms with Crippen molar-refractivity contribution in [3.05, 3.63) is 47.8 Å². The summed E-state index contributed by atoms with van der Waals surface area (Å²) in [6, 6.07) is 3.85. The molecular formula is C13H15FN2O. The number of amides is 1. The molecule has 0 radical (unpaired) electrons. The predicted octanol–water partition coefficient (Wildman–Crippen LogP) is 2.87. The van der Waals surface area contributed by atoms with Gasteiger partial charge in [0.25, 0.3) is 5.91 Å². The summed E-state index contributed by atoms with van der Waals surface area (Å²) < 4.78 is 12.8. The van der Waals surface area contributed by atoms with E-state index >= 15 is 0 Å². The van der Waals surface area contributed by atoms with Crippen LogP contribution in [0.3, 0.4) is 0 Å². The highest BCUT2D eigenvalue weighted by atomic mass is 19.1. The van der Waals surface area contributed by atoms with E-state index in [0.29, 0.717) is 11.3 Å². The highest BCUT2D eigenvalue weighted by molar-refractivity contribution is 6.06. The molecule has 90 valence electrons. The number of anilines is 2. The third-order valence-corrected chi connectivity index (χ3v) is 2.18. The van der Waals surface area contributed by atoms with Gasteiger partial charge in [-0.3, -0.25) is 4.79 Å². The number of nitrogen functional groups attached to an aromatic ring is 1. The van der Waals surface area contributed by atoms with E-state index in [2.05, 4.69) is 5.32 Å². The molecule has 0 bridgehead atoms. The second-order valence-corrected chi connectivity index (χ2v) is 3.43. The second kappa shape index (κ2) is 5.84. The van der Waals surface area contributed by atoms with Crippen molar-refractivity contribution < 1.29 is 9.18 Å². The van der Waals surface area contributed by atoms with Gasteiger partial charge in [0.05, 0.1) is 11.4 Å². The van der Waals surface area contributed by atoms with Gasteiger partial charge in [-0.1, -0.05) is 18.2 Å². The fourth-order valence-electron chi connectivity index (χ4n) is 1.32.